The molecule has 14 heteroatoms. The van der Waals surface area contributed by atoms with Gasteiger partial charge in [-0.2, -0.15) is 9.47 Å². The number of rotatable bonds is 8. The van der Waals surface area contributed by atoms with Gasteiger partial charge in [0.05, 0.1) is 42.6 Å². The van der Waals surface area contributed by atoms with E-state index in [1.54, 1.807) is 0 Å². The van der Waals surface area contributed by atoms with Gasteiger partial charge in [0.1, 0.15) is 5.15 Å². The molecule has 0 spiro atoms. The van der Waals surface area contributed by atoms with Gasteiger partial charge in [0.25, 0.3) is 11.8 Å². The molecular formula is C19H18BrClN6O4S2. The van der Waals surface area contributed by atoms with Gasteiger partial charge in [-0.1, -0.05) is 51.0 Å². The van der Waals surface area contributed by atoms with Crippen molar-refractivity contribution in [3.63, 3.8) is 0 Å². The van der Waals surface area contributed by atoms with Crippen LogP contribution in [0.2, 0.25) is 5.15 Å². The Labute approximate surface area is 210 Å². The maximum absolute atomic E-state index is 12.3. The van der Waals surface area contributed by atoms with Gasteiger partial charge in [-0.05, 0) is 17.7 Å². The van der Waals surface area contributed by atoms with Gasteiger partial charge in [0, 0.05) is 17.6 Å². The highest BCUT2D eigenvalue weighted by Gasteiger charge is 2.20. The van der Waals surface area contributed by atoms with E-state index < -0.39 is 5.91 Å². The number of nitrogens with zero attached hydrogens (tertiary/aromatic N) is 5. The van der Waals surface area contributed by atoms with Gasteiger partial charge in [-0.3, -0.25) is 14.2 Å². The average molecular weight is 574 g/mol. The number of thiazole rings is 1. The lowest BCUT2D eigenvalue weighted by Gasteiger charge is -2.26. The van der Waals surface area contributed by atoms with Gasteiger partial charge in [0.2, 0.25) is 5.82 Å². The summed E-state index contributed by atoms with van der Waals surface area (Å²) in [4.78, 5) is 26.7. The molecule has 174 valence electrons. The summed E-state index contributed by atoms with van der Waals surface area (Å²) in [5.41, 5.74) is 3.30. The molecule has 0 unspecified atom stereocenters. The highest BCUT2D eigenvalue weighted by molar-refractivity contribution is 9.10. The largest absolute Gasteiger partial charge is 0.464 e. The van der Waals surface area contributed by atoms with Crippen molar-refractivity contribution in [1.29, 1.82) is 0 Å². The number of hydrazone groups is 1. The van der Waals surface area contributed by atoms with E-state index >= 15 is 0 Å². The van der Waals surface area contributed by atoms with E-state index in [4.69, 9.17) is 21.1 Å². The first-order valence-corrected chi connectivity index (χ1v) is 12.5. The quantitative estimate of drug-likeness (QED) is 0.326. The van der Waals surface area contributed by atoms with E-state index in [2.05, 4.69) is 35.2 Å². The third-order valence-corrected chi connectivity index (χ3v) is 7.04. The van der Waals surface area contributed by atoms with Crippen molar-refractivity contribution < 1.29 is 14.3 Å². The van der Waals surface area contributed by atoms with Gasteiger partial charge in [-0.15, -0.1) is 4.37 Å². The molecule has 1 fully saturated rings. The van der Waals surface area contributed by atoms with Crippen molar-refractivity contribution in [2.45, 2.75) is 6.54 Å². The van der Waals surface area contributed by atoms with Crippen molar-refractivity contribution in [2.75, 3.05) is 37.8 Å². The number of aromatic nitrogens is 3. The van der Waals surface area contributed by atoms with Gasteiger partial charge < -0.3 is 14.4 Å². The van der Waals surface area contributed by atoms with Gasteiger partial charge in [-0.25, -0.2) is 5.43 Å². The summed E-state index contributed by atoms with van der Waals surface area (Å²) >= 11 is 11.7. The predicted octanol–water partition coefficient (Wildman–Crippen LogP) is 2.59. The van der Waals surface area contributed by atoms with Crippen molar-refractivity contribution in [2.24, 2.45) is 5.10 Å². The normalized spacial score (nSPS) is 14.1. The first-order valence-electron chi connectivity index (χ1n) is 9.75. The minimum absolute atomic E-state index is 0.217. The average Bonchev–Trinajstić information content (AvgIpc) is 3.40. The van der Waals surface area contributed by atoms with Crippen LogP contribution in [0.5, 0.6) is 5.88 Å². The van der Waals surface area contributed by atoms with Crippen LogP contribution >= 0.6 is 50.6 Å². The van der Waals surface area contributed by atoms with Crippen LogP contribution in [0.3, 0.4) is 0 Å². The molecule has 0 atom stereocenters. The van der Waals surface area contributed by atoms with Crippen LogP contribution in [0, 0.1) is 0 Å². The number of benzene rings is 1. The summed E-state index contributed by atoms with van der Waals surface area (Å²) < 4.78 is 21.6. The van der Waals surface area contributed by atoms with Crippen molar-refractivity contribution in [3.05, 3.63) is 54.0 Å². The Morgan fingerprint density at radius 2 is 2.06 bits per heavy atom. The van der Waals surface area contributed by atoms with Gasteiger partial charge >= 0.3 is 4.87 Å². The molecule has 1 N–H and O–H groups in total. The number of halogens is 2. The summed E-state index contributed by atoms with van der Waals surface area (Å²) in [5, 5.41) is 4.15. The van der Waals surface area contributed by atoms with Crippen LogP contribution in [0.25, 0.3) is 0 Å². The second-order valence-corrected chi connectivity index (χ2v) is 9.61. The monoisotopic (exact) mass is 572 g/mol. The number of anilines is 1. The molecule has 1 aliphatic heterocycles. The van der Waals surface area contributed by atoms with Crippen LogP contribution in [-0.2, 0) is 16.1 Å². The fraction of sp³-hybridized carbons (Fsp3) is 0.316. The molecule has 1 saturated heterocycles. The third-order valence-electron chi connectivity index (χ3n) is 4.58. The Hall–Kier alpha value is -2.32. The molecule has 3 heterocycles. The summed E-state index contributed by atoms with van der Waals surface area (Å²) in [6.07, 6.45) is 1.34. The second kappa shape index (κ2) is 11.2. The Balaban J connectivity index is 1.31. The van der Waals surface area contributed by atoms with Crippen molar-refractivity contribution in [3.8, 4) is 5.88 Å². The number of morpholine rings is 1. The molecule has 1 amide bonds. The SMILES string of the molecule is O=C(COc1nsnc1N1CCOCC1)N/N=C/c1sc(=O)n(Cc2ccc(Br)cc2)c1Cl. The molecule has 0 radical (unpaired) electrons. The van der Waals surface area contributed by atoms with Crippen LogP contribution in [0.1, 0.15) is 10.4 Å². The number of amides is 1. The Bertz CT molecular complexity index is 1190. The number of carbonyl (C=O) groups is 1. The van der Waals surface area contributed by atoms with E-state index in [0.717, 1.165) is 33.1 Å². The maximum atomic E-state index is 12.3. The molecule has 0 saturated carbocycles. The lowest BCUT2D eigenvalue weighted by atomic mass is 10.2. The van der Waals surface area contributed by atoms with Crippen LogP contribution in [0.4, 0.5) is 5.82 Å². The van der Waals surface area contributed by atoms with Gasteiger partial charge in [0.15, 0.2) is 6.61 Å². The summed E-state index contributed by atoms with van der Waals surface area (Å²) in [6.45, 7) is 2.63. The molecule has 1 aliphatic rings. The van der Waals surface area contributed by atoms with Crippen LogP contribution in [0.15, 0.2) is 38.6 Å². The summed E-state index contributed by atoms with van der Waals surface area (Å²) in [6, 6.07) is 7.60. The van der Waals surface area contributed by atoms with E-state index in [9.17, 15) is 9.59 Å². The number of hydrogen-bond donors (Lipinski definition) is 1. The minimum Gasteiger partial charge on any atom is -0.464 e. The Kier molecular flexibility index (Phi) is 8.09. The number of carbonyl (C=O) groups excluding carboxylic acids is 1. The van der Waals surface area contributed by atoms with E-state index in [0.29, 0.717) is 49.4 Å². The van der Waals surface area contributed by atoms with Crippen LogP contribution < -0.4 is 19.9 Å². The molecule has 4 rings (SSSR count). The van der Waals surface area contributed by atoms with Crippen molar-refractivity contribution >= 4 is 68.5 Å². The zero-order valence-corrected chi connectivity index (χ0v) is 21.0. The molecule has 33 heavy (non-hydrogen) atoms. The van der Waals surface area contributed by atoms with Crippen molar-refractivity contribution in [1.82, 2.24) is 18.7 Å². The standard InChI is InChI=1S/C19H18BrClN6O4S2/c20-13-3-1-12(2-4-13)10-27-16(21)14(32-19(27)29)9-22-23-15(28)11-31-18-17(24-33-25-18)26-5-7-30-8-6-26/h1-4,9H,5-8,10-11H2,(H,23,28)/b22-9+. The number of nitrogens with one attached hydrogen (secondary N) is 1. The Morgan fingerprint density at radius 3 is 2.82 bits per heavy atom. The fourth-order valence-corrected chi connectivity index (χ4v) is 4.84. The lowest BCUT2D eigenvalue weighted by molar-refractivity contribution is -0.123. The topological polar surface area (TPSA) is 111 Å². The third kappa shape index (κ3) is 6.18. The number of ether oxygens (including phenoxy) is 2. The predicted molar refractivity (Wildman–Crippen MR) is 131 cm³/mol. The van der Waals surface area contributed by atoms with E-state index in [-0.39, 0.29) is 16.6 Å². The highest BCUT2D eigenvalue weighted by atomic mass is 79.9. The zero-order valence-electron chi connectivity index (χ0n) is 17.1. The zero-order chi connectivity index (χ0) is 23.2. The molecule has 1 aromatic carbocycles. The summed E-state index contributed by atoms with van der Waals surface area (Å²) in [7, 11) is 0. The maximum Gasteiger partial charge on any atom is 0.309 e. The highest BCUT2D eigenvalue weighted by Crippen LogP contribution is 2.26. The second-order valence-electron chi connectivity index (χ2n) is 6.81. The van der Waals surface area contributed by atoms with E-state index in [1.165, 1.54) is 10.8 Å². The first-order chi connectivity index (χ1) is 16.0. The smallest absolute Gasteiger partial charge is 0.309 e. The molecule has 0 aliphatic carbocycles. The summed E-state index contributed by atoms with van der Waals surface area (Å²) in [5.74, 6) is 0.417. The van der Waals surface area contributed by atoms with E-state index in [1.807, 2.05) is 29.2 Å². The molecule has 10 nitrogen and oxygen atoms in total. The molecule has 2 aromatic heterocycles. The first kappa shape index (κ1) is 23.8. The Morgan fingerprint density at radius 1 is 1.30 bits per heavy atom. The molecule has 3 aromatic rings. The lowest BCUT2D eigenvalue weighted by Crippen LogP contribution is -2.36. The molecular weight excluding hydrogens is 556 g/mol. The molecule has 0 bridgehead atoms. The number of hydrogen-bond acceptors (Lipinski definition) is 10. The van der Waals surface area contributed by atoms with Crippen LogP contribution in [-0.4, -0.2) is 58.3 Å². The minimum atomic E-state index is -0.482. The fourth-order valence-electron chi connectivity index (χ4n) is 2.95.